The summed E-state index contributed by atoms with van der Waals surface area (Å²) in [5.41, 5.74) is 3.38. The Morgan fingerprint density at radius 1 is 1.05 bits per heavy atom. The largest absolute Gasteiger partial charge is 0.404 e. The van der Waals surface area contributed by atoms with E-state index in [1.165, 1.54) is 0 Å². The number of amides is 1. The summed E-state index contributed by atoms with van der Waals surface area (Å²) in [6.07, 6.45) is 4.62. The van der Waals surface area contributed by atoms with E-state index in [0.29, 0.717) is 56.0 Å². The van der Waals surface area contributed by atoms with Crippen LogP contribution < -0.4 is 10.7 Å². The Morgan fingerprint density at radius 2 is 1.88 bits per heavy atom. The molecule has 3 heterocycles. The molecule has 8 heteroatoms. The number of hydrogen-bond acceptors (Lipinski definition) is 6. The minimum atomic E-state index is -0.209. The molecule has 1 aliphatic heterocycles. The standard InChI is InChI=1S/C33H30N2O5S/c1-21(28(37)10-2-3-13-34-20-36)22-11-12-30-27(18-22)25-8-5-7-24(33(25)41-30)23-6-4-9-26-29(38)19-31(40-32(23)26)35-14-16-39-17-15-35/h4-9,11-12,14,18-21H,2-3,10,13,15-17H2,1H3/p+1. The van der Waals surface area contributed by atoms with Crippen LogP contribution in [0.3, 0.4) is 0 Å². The van der Waals surface area contributed by atoms with Gasteiger partial charge in [-0.05, 0) is 36.6 Å². The van der Waals surface area contributed by atoms with Gasteiger partial charge in [0.15, 0.2) is 23.8 Å². The van der Waals surface area contributed by atoms with Gasteiger partial charge in [-0.25, -0.2) is 0 Å². The van der Waals surface area contributed by atoms with Crippen LogP contribution in [0.1, 0.15) is 37.7 Å². The van der Waals surface area contributed by atoms with E-state index in [2.05, 4.69) is 35.6 Å². The predicted molar refractivity (Wildman–Crippen MR) is 164 cm³/mol. The molecular weight excluding hydrogens is 536 g/mol. The van der Waals surface area contributed by atoms with Crippen molar-refractivity contribution in [3.8, 4) is 11.1 Å². The number of fused-ring (bicyclic) bond motifs is 4. The highest BCUT2D eigenvalue weighted by Crippen LogP contribution is 2.42. The lowest BCUT2D eigenvalue weighted by atomic mass is 9.92. The first-order valence-corrected chi connectivity index (χ1v) is 14.8. The fraction of sp³-hybridized carbons (Fsp3) is 0.273. The van der Waals surface area contributed by atoms with Crippen molar-refractivity contribution in [2.75, 3.05) is 26.3 Å². The SMILES string of the molecule is CC(C(=O)CCCCNC=O)c1ccc2sc3c(-c4cccc5c(=O)cc([N+]6=CCOCC6)oc45)cccc3c2c1. The van der Waals surface area contributed by atoms with Crippen LogP contribution in [0.5, 0.6) is 0 Å². The second-order valence-corrected chi connectivity index (χ2v) is 11.4. The van der Waals surface area contributed by atoms with E-state index in [0.717, 1.165) is 49.7 Å². The smallest absolute Gasteiger partial charge is 0.377 e. The molecule has 0 saturated carbocycles. The molecule has 1 amide bonds. The highest BCUT2D eigenvalue weighted by Gasteiger charge is 2.22. The molecule has 3 aromatic carbocycles. The zero-order valence-electron chi connectivity index (χ0n) is 22.9. The number of thiophene rings is 1. The molecule has 1 aliphatic rings. The molecule has 2 aromatic heterocycles. The molecule has 5 aromatic rings. The van der Waals surface area contributed by atoms with Crippen molar-refractivity contribution in [3.05, 3.63) is 76.5 Å². The fourth-order valence-corrected chi connectivity index (χ4v) is 6.69. The van der Waals surface area contributed by atoms with Gasteiger partial charge in [0.05, 0.1) is 11.5 Å². The lowest BCUT2D eigenvalue weighted by molar-refractivity contribution is -0.464. The molecule has 1 unspecified atom stereocenters. The van der Waals surface area contributed by atoms with Gasteiger partial charge in [-0.1, -0.05) is 43.3 Å². The molecule has 208 valence electrons. The molecule has 0 radical (unpaired) electrons. The van der Waals surface area contributed by atoms with Gasteiger partial charge < -0.3 is 14.5 Å². The van der Waals surface area contributed by atoms with Crippen LogP contribution in [0.2, 0.25) is 0 Å². The molecule has 41 heavy (non-hydrogen) atoms. The maximum atomic E-state index is 13.1. The molecule has 0 saturated heterocycles. The monoisotopic (exact) mass is 567 g/mol. The number of benzene rings is 3. The number of ether oxygens (including phenoxy) is 1. The first-order chi connectivity index (χ1) is 20.0. The van der Waals surface area contributed by atoms with E-state index < -0.39 is 0 Å². The Hall–Kier alpha value is -4.14. The van der Waals surface area contributed by atoms with E-state index in [-0.39, 0.29) is 17.1 Å². The van der Waals surface area contributed by atoms with Crippen molar-refractivity contribution in [1.82, 2.24) is 5.32 Å². The lowest BCUT2D eigenvalue weighted by Crippen LogP contribution is -2.23. The highest BCUT2D eigenvalue weighted by atomic mass is 32.1. The summed E-state index contributed by atoms with van der Waals surface area (Å²) in [5, 5.41) is 5.42. The molecule has 7 nitrogen and oxygen atoms in total. The second-order valence-electron chi connectivity index (χ2n) is 10.3. The van der Waals surface area contributed by atoms with Crippen LogP contribution in [-0.4, -0.2) is 49.3 Å². The lowest BCUT2D eigenvalue weighted by Gasteiger charge is -2.11. The van der Waals surface area contributed by atoms with Gasteiger partial charge in [-0.3, -0.25) is 14.4 Å². The minimum absolute atomic E-state index is 0.0743. The number of carbonyl (C=O) groups is 2. The van der Waals surface area contributed by atoms with E-state index in [1.54, 1.807) is 17.4 Å². The second kappa shape index (κ2) is 11.8. The first kappa shape index (κ1) is 27.1. The van der Waals surface area contributed by atoms with E-state index in [1.807, 2.05) is 42.0 Å². The Kier molecular flexibility index (Phi) is 7.76. The van der Waals surface area contributed by atoms with Crippen LogP contribution >= 0.6 is 11.3 Å². The number of para-hydroxylation sites is 1. The zero-order chi connectivity index (χ0) is 28.3. The number of hydrogen-bond donors (Lipinski definition) is 1. The fourth-order valence-electron chi connectivity index (χ4n) is 5.48. The molecule has 0 fully saturated rings. The summed E-state index contributed by atoms with van der Waals surface area (Å²) < 4.78 is 16.0. The minimum Gasteiger partial charge on any atom is -0.404 e. The first-order valence-electron chi connectivity index (χ1n) is 13.9. The Balaban J connectivity index is 1.39. The molecule has 6 rings (SSSR count). The summed E-state index contributed by atoms with van der Waals surface area (Å²) in [5.74, 6) is 0.513. The van der Waals surface area contributed by atoms with Crippen molar-refractivity contribution in [2.24, 2.45) is 0 Å². The molecule has 0 bridgehead atoms. The van der Waals surface area contributed by atoms with Crippen LogP contribution in [0.15, 0.2) is 69.9 Å². The average molecular weight is 568 g/mol. The van der Waals surface area contributed by atoms with Crippen LogP contribution in [0.25, 0.3) is 42.3 Å². The van der Waals surface area contributed by atoms with Gasteiger partial charge >= 0.3 is 5.88 Å². The number of ketones is 1. The van der Waals surface area contributed by atoms with Gasteiger partial charge in [-0.2, -0.15) is 4.58 Å². The van der Waals surface area contributed by atoms with Crippen molar-refractivity contribution >= 4 is 66.8 Å². The third-order valence-electron chi connectivity index (χ3n) is 7.79. The predicted octanol–water partition coefficient (Wildman–Crippen LogP) is 6.16. The van der Waals surface area contributed by atoms with Crippen LogP contribution in [0.4, 0.5) is 5.88 Å². The van der Waals surface area contributed by atoms with E-state index in [9.17, 15) is 14.4 Å². The van der Waals surface area contributed by atoms with Gasteiger partial charge in [0.2, 0.25) is 6.41 Å². The number of Topliss-reactive ketones (excluding diaryl/α,β-unsaturated/α-hetero) is 1. The quantitative estimate of drug-likeness (QED) is 0.124. The molecule has 1 N–H and O–H groups in total. The van der Waals surface area contributed by atoms with Crippen molar-refractivity contribution in [2.45, 2.75) is 32.1 Å². The zero-order valence-corrected chi connectivity index (χ0v) is 23.7. The van der Waals surface area contributed by atoms with Crippen molar-refractivity contribution < 1.29 is 23.3 Å². The van der Waals surface area contributed by atoms with Crippen LogP contribution in [-0.2, 0) is 14.3 Å². The van der Waals surface area contributed by atoms with E-state index >= 15 is 0 Å². The molecule has 1 atom stereocenters. The number of nitrogens with zero attached hydrogens (tertiary/aromatic N) is 1. The summed E-state index contributed by atoms with van der Waals surface area (Å²) in [6, 6.07) is 19.8. The van der Waals surface area contributed by atoms with Crippen LogP contribution in [0, 0.1) is 0 Å². The van der Waals surface area contributed by atoms with Crippen molar-refractivity contribution in [1.29, 1.82) is 0 Å². The number of rotatable bonds is 10. The Labute approximate surface area is 241 Å². The third kappa shape index (κ3) is 5.33. The topological polar surface area (TPSA) is 88.6 Å². The summed E-state index contributed by atoms with van der Waals surface area (Å²) in [6.45, 7) is 4.24. The maximum absolute atomic E-state index is 13.1. The highest BCUT2D eigenvalue weighted by molar-refractivity contribution is 7.26. The van der Waals surface area contributed by atoms with Gasteiger partial charge in [0.1, 0.15) is 19.0 Å². The normalized spacial score (nSPS) is 14.3. The van der Waals surface area contributed by atoms with Gasteiger partial charge in [0, 0.05) is 50.2 Å². The van der Waals surface area contributed by atoms with Gasteiger partial charge in [0.25, 0.3) is 0 Å². The van der Waals surface area contributed by atoms with Gasteiger partial charge in [-0.15, -0.1) is 11.3 Å². The van der Waals surface area contributed by atoms with E-state index in [4.69, 9.17) is 9.15 Å². The average Bonchev–Trinajstić information content (AvgIpc) is 3.39. The summed E-state index contributed by atoms with van der Waals surface area (Å²) in [7, 11) is 0. The summed E-state index contributed by atoms with van der Waals surface area (Å²) >= 11 is 1.71. The van der Waals surface area contributed by atoms with Crippen molar-refractivity contribution in [3.63, 3.8) is 0 Å². The summed E-state index contributed by atoms with van der Waals surface area (Å²) in [4.78, 5) is 36.5. The number of nitrogens with one attached hydrogen (secondary N) is 1. The number of unbranched alkanes of at least 4 members (excludes halogenated alkanes) is 1. The molecular formula is C33H31N2O5S+. The maximum Gasteiger partial charge on any atom is 0.377 e. The third-order valence-corrected chi connectivity index (χ3v) is 9.01. The number of carbonyl (C=O) groups excluding carboxylic acids is 2. The molecule has 0 spiro atoms. The molecule has 0 aliphatic carbocycles. The Morgan fingerprint density at radius 3 is 2.68 bits per heavy atom. The Bertz CT molecular complexity index is 1870.